The number of hydrogen-bond acceptors (Lipinski definition) is 5. The Labute approximate surface area is 55.2 Å². The van der Waals surface area contributed by atoms with E-state index in [-0.39, 0.29) is 22.4 Å². The van der Waals surface area contributed by atoms with Crippen LogP contribution in [-0.4, -0.2) is 8.42 Å². The first-order valence-corrected chi connectivity index (χ1v) is 2.33. The van der Waals surface area contributed by atoms with Crippen LogP contribution >= 0.6 is 0 Å². The van der Waals surface area contributed by atoms with Gasteiger partial charge in [0.25, 0.3) is 0 Å². The van der Waals surface area contributed by atoms with Gasteiger partial charge in [0.05, 0.1) is 0 Å². The van der Waals surface area contributed by atoms with Gasteiger partial charge in [0.2, 0.25) is 0 Å². The second-order valence-electron chi connectivity index (χ2n) is 0.612. The Morgan fingerprint density at radius 1 is 1.14 bits per heavy atom. The van der Waals surface area contributed by atoms with Crippen LogP contribution in [0.5, 0.6) is 0 Å². The van der Waals surface area contributed by atoms with E-state index in [2.05, 4.69) is 13.7 Å². The summed E-state index contributed by atoms with van der Waals surface area (Å²) in [5, 5.41) is 3.35. The molecule has 41 valence electrons. The second-order valence-corrected chi connectivity index (χ2v) is 1.70. The minimum absolute atomic E-state index is 0. The fourth-order valence-electron chi connectivity index (χ4n) is 0.0731. The van der Waals surface area contributed by atoms with Crippen molar-refractivity contribution in [3.05, 3.63) is 0 Å². The maximum absolute atomic E-state index is 9.52. The summed E-state index contributed by atoms with van der Waals surface area (Å²) in [4.78, 5) is 0. The number of hydrogen-bond donors (Lipinski definition) is 0. The second kappa shape index (κ2) is 2.23. The summed E-state index contributed by atoms with van der Waals surface area (Å²) in [6.07, 6.45) is 0. The molecular weight excluding hydrogens is 205 g/mol. The van der Waals surface area contributed by atoms with E-state index >= 15 is 0 Å². The molecule has 1 heterocycles. The van der Waals surface area contributed by atoms with Gasteiger partial charge in [-0.1, -0.05) is 0 Å². The molecule has 0 atom stereocenters. The molecule has 0 saturated carbocycles. The van der Waals surface area contributed by atoms with E-state index in [9.17, 15) is 8.42 Å². The van der Waals surface area contributed by atoms with Crippen LogP contribution in [0.25, 0.3) is 0 Å². The van der Waals surface area contributed by atoms with Gasteiger partial charge in [0.1, 0.15) is 0 Å². The van der Waals surface area contributed by atoms with Crippen molar-refractivity contribution in [1.29, 1.82) is 0 Å². The van der Waals surface area contributed by atoms with Crippen molar-refractivity contribution in [3.63, 3.8) is 0 Å². The van der Waals surface area contributed by atoms with E-state index in [4.69, 9.17) is 0 Å². The average Bonchev–Trinajstić information content (AvgIpc) is 1.32. The number of rotatable bonds is 0. The van der Waals surface area contributed by atoms with E-state index in [1.165, 1.54) is 0 Å². The fourth-order valence-corrected chi connectivity index (χ4v) is 0.219. The van der Waals surface area contributed by atoms with E-state index in [0.29, 0.717) is 0 Å². The van der Waals surface area contributed by atoms with Crippen LogP contribution in [0.2, 0.25) is 0 Å². The van der Waals surface area contributed by atoms with Crippen LogP contribution in [0.4, 0.5) is 0 Å². The summed E-state index contributed by atoms with van der Waals surface area (Å²) in [7, 11) is -3.70. The third kappa shape index (κ3) is 1.87. The molecule has 5 nitrogen and oxygen atoms in total. The molecule has 0 bridgehead atoms. The maximum Gasteiger partial charge on any atom is 0.457 e. The van der Waals surface area contributed by atoms with E-state index in [1.54, 1.807) is 0 Å². The molecule has 0 aromatic heterocycles. The summed E-state index contributed by atoms with van der Waals surface area (Å²) in [5.74, 6) is 0. The van der Waals surface area contributed by atoms with E-state index in [0.717, 1.165) is 0 Å². The Balaban J connectivity index is 0.000000360. The van der Waals surface area contributed by atoms with Crippen LogP contribution in [0.1, 0.15) is 0 Å². The van der Waals surface area contributed by atoms with Crippen molar-refractivity contribution >= 4 is 10.4 Å². The summed E-state index contributed by atoms with van der Waals surface area (Å²) >= 11 is 0. The Kier molecular flexibility index (Phi) is 2.41. The Bertz CT molecular complexity index is 122. The van der Waals surface area contributed by atoms with Crippen LogP contribution in [0.3, 0.4) is 0 Å². The van der Waals surface area contributed by atoms with Gasteiger partial charge in [-0.05, 0) is 13.7 Å². The largest absolute Gasteiger partial charge is 0.457 e. The van der Waals surface area contributed by atoms with E-state index < -0.39 is 10.4 Å². The molecule has 1 fully saturated rings. The van der Waals surface area contributed by atoms with Crippen molar-refractivity contribution in [2.24, 2.45) is 0 Å². The third-order valence-electron chi connectivity index (χ3n) is 0.222. The summed E-state index contributed by atoms with van der Waals surface area (Å²) < 4.78 is 25.8. The molecule has 1 aliphatic rings. The van der Waals surface area contributed by atoms with Crippen molar-refractivity contribution in [3.8, 4) is 0 Å². The minimum atomic E-state index is -3.70. The Morgan fingerprint density at radius 3 is 1.43 bits per heavy atom. The first-order valence-electron chi connectivity index (χ1n) is 1.00. The Hall–Kier alpha value is 0.570. The standard InChI is InChI=1S/Nb.O5S/c;1-6(2)4-3-5-6. The van der Waals surface area contributed by atoms with Crippen molar-refractivity contribution in [2.45, 2.75) is 0 Å². The van der Waals surface area contributed by atoms with Crippen molar-refractivity contribution < 1.29 is 44.5 Å². The zero-order valence-corrected chi connectivity index (χ0v) is 5.91. The molecular formula is NbO5S. The molecule has 7 heavy (non-hydrogen) atoms. The van der Waals surface area contributed by atoms with Crippen LogP contribution in [0, 0.1) is 0 Å². The van der Waals surface area contributed by atoms with Crippen LogP contribution < -0.4 is 0 Å². The van der Waals surface area contributed by atoms with Gasteiger partial charge >= 0.3 is 10.4 Å². The molecule has 1 aliphatic heterocycles. The summed E-state index contributed by atoms with van der Waals surface area (Å²) in [6, 6.07) is 0. The summed E-state index contributed by atoms with van der Waals surface area (Å²) in [5.41, 5.74) is 0. The molecule has 7 heteroatoms. The topological polar surface area (TPSA) is 61.8 Å². The van der Waals surface area contributed by atoms with Gasteiger partial charge in [0.15, 0.2) is 0 Å². The van der Waals surface area contributed by atoms with Gasteiger partial charge in [0, 0.05) is 22.4 Å². The molecule has 0 aromatic rings. The van der Waals surface area contributed by atoms with Gasteiger partial charge < -0.3 is 0 Å². The first kappa shape index (κ1) is 7.57. The van der Waals surface area contributed by atoms with Gasteiger partial charge in [-0.2, -0.15) is 8.42 Å². The third-order valence-corrected chi connectivity index (χ3v) is 0.667. The molecule has 0 aromatic carbocycles. The Morgan fingerprint density at radius 2 is 1.43 bits per heavy atom. The first-order chi connectivity index (χ1) is 2.71. The van der Waals surface area contributed by atoms with Gasteiger partial charge in [-0.3, -0.25) is 0 Å². The predicted molar refractivity (Wildman–Crippen MR) is 12.2 cm³/mol. The molecule has 1 rings (SSSR count). The predicted octanol–water partition coefficient (Wildman–Crippen LogP) is -0.878. The molecule has 0 aliphatic carbocycles. The SMILES string of the molecule is O=S1(=O)OOO1.[Nb]. The normalized spacial score (nSPS) is 24.6. The monoisotopic (exact) mass is 205 g/mol. The van der Waals surface area contributed by atoms with Crippen LogP contribution in [0.15, 0.2) is 0 Å². The van der Waals surface area contributed by atoms with Crippen molar-refractivity contribution in [2.75, 3.05) is 0 Å². The molecule has 0 spiro atoms. The maximum atomic E-state index is 9.52. The van der Waals surface area contributed by atoms with Gasteiger partial charge in [-0.15, -0.1) is 0 Å². The van der Waals surface area contributed by atoms with E-state index in [1.807, 2.05) is 0 Å². The smallest absolute Gasteiger partial charge is 0.164 e. The van der Waals surface area contributed by atoms with Gasteiger partial charge in [-0.25, -0.2) is 0 Å². The molecule has 0 N–H and O–H groups in total. The molecule has 1 saturated heterocycles. The quantitative estimate of drug-likeness (QED) is 0.379. The zero-order chi connectivity index (χ0) is 4.62. The zero-order valence-electron chi connectivity index (χ0n) is 2.90. The van der Waals surface area contributed by atoms with Crippen LogP contribution in [-0.2, 0) is 46.5 Å². The molecule has 0 unspecified atom stereocenters. The molecule has 1 radical (unpaired) electrons. The molecule has 0 amide bonds. The minimum Gasteiger partial charge on any atom is -0.164 e. The fraction of sp³-hybridized carbons (Fsp3) is 0. The average molecular weight is 205 g/mol. The summed E-state index contributed by atoms with van der Waals surface area (Å²) in [6.45, 7) is 0. The van der Waals surface area contributed by atoms with Crippen molar-refractivity contribution in [1.82, 2.24) is 0 Å².